The quantitative estimate of drug-likeness (QED) is 0.835. The van der Waals surface area contributed by atoms with Gasteiger partial charge in [-0.3, -0.25) is 19.7 Å². The Hall–Kier alpha value is -3.55. The van der Waals surface area contributed by atoms with Crippen LogP contribution in [0.3, 0.4) is 0 Å². The normalized spacial score (nSPS) is 14.3. The first kappa shape index (κ1) is 16.3. The summed E-state index contributed by atoms with van der Waals surface area (Å²) in [5, 5.41) is 4.65. The van der Waals surface area contributed by atoms with Crippen LogP contribution in [0.4, 0.5) is 20.6 Å². The van der Waals surface area contributed by atoms with Gasteiger partial charge < -0.3 is 5.32 Å². The molecule has 2 aromatic carbocycles. The molecule has 3 rings (SSSR count). The first-order valence-electron chi connectivity index (χ1n) is 7.28. The number of halogens is 1. The van der Waals surface area contributed by atoms with Crippen LogP contribution in [0.25, 0.3) is 0 Å². The van der Waals surface area contributed by atoms with Gasteiger partial charge in [0.1, 0.15) is 12.2 Å². The summed E-state index contributed by atoms with van der Waals surface area (Å²) in [6.45, 7) is 0. The second kappa shape index (κ2) is 6.52. The number of anilines is 2. The van der Waals surface area contributed by atoms with E-state index in [0.717, 1.165) is 4.90 Å². The van der Waals surface area contributed by atoms with Gasteiger partial charge >= 0.3 is 6.03 Å². The summed E-state index contributed by atoms with van der Waals surface area (Å²) < 4.78 is 12.9. The number of urea groups is 1. The van der Waals surface area contributed by atoms with Gasteiger partial charge in [-0.2, -0.15) is 0 Å². The van der Waals surface area contributed by atoms with E-state index in [1.54, 1.807) is 12.1 Å². The molecule has 0 spiro atoms. The molecule has 2 N–H and O–H groups in total. The maximum atomic E-state index is 12.9. The Morgan fingerprint density at radius 1 is 1.08 bits per heavy atom. The van der Waals surface area contributed by atoms with Crippen molar-refractivity contribution in [2.75, 3.05) is 10.2 Å². The topological polar surface area (TPSA) is 95.6 Å². The summed E-state index contributed by atoms with van der Waals surface area (Å²) in [7, 11) is 0. The monoisotopic (exact) mass is 341 g/mol. The van der Waals surface area contributed by atoms with E-state index in [1.807, 2.05) is 0 Å². The predicted octanol–water partition coefficient (Wildman–Crippen LogP) is 2.05. The van der Waals surface area contributed by atoms with E-state index < -0.39 is 36.0 Å². The zero-order valence-electron chi connectivity index (χ0n) is 12.8. The van der Waals surface area contributed by atoms with Crippen LogP contribution in [-0.4, -0.2) is 23.8 Å². The lowest BCUT2D eigenvalue weighted by molar-refractivity contribution is -0.128. The first-order chi connectivity index (χ1) is 11.9. The number of rotatable bonds is 3. The minimum Gasteiger partial charge on any atom is -0.322 e. The molecule has 0 atom stereocenters. The minimum atomic E-state index is -0.844. The van der Waals surface area contributed by atoms with E-state index in [0.29, 0.717) is 5.69 Å². The number of barbiturate groups is 1. The second-order valence-electron chi connectivity index (χ2n) is 5.27. The number of hydrogen-bond donors (Lipinski definition) is 2. The zero-order chi connectivity index (χ0) is 18.0. The van der Waals surface area contributed by atoms with Crippen LogP contribution in [0, 0.1) is 5.82 Å². The van der Waals surface area contributed by atoms with Gasteiger partial charge in [-0.05, 0) is 42.5 Å². The molecule has 2 aromatic rings. The van der Waals surface area contributed by atoms with Gasteiger partial charge in [0.05, 0.1) is 5.69 Å². The van der Waals surface area contributed by atoms with Crippen LogP contribution < -0.4 is 15.5 Å². The number of imide groups is 2. The Morgan fingerprint density at radius 3 is 2.48 bits per heavy atom. The Kier molecular flexibility index (Phi) is 4.25. The van der Waals surface area contributed by atoms with Gasteiger partial charge in [0.15, 0.2) is 0 Å². The molecule has 0 bridgehead atoms. The van der Waals surface area contributed by atoms with Gasteiger partial charge in [-0.15, -0.1) is 0 Å². The highest BCUT2D eigenvalue weighted by Crippen LogP contribution is 2.22. The highest BCUT2D eigenvalue weighted by molar-refractivity contribution is 6.26. The fourth-order valence-electron chi connectivity index (χ4n) is 2.34. The van der Waals surface area contributed by atoms with E-state index in [-0.39, 0.29) is 11.3 Å². The van der Waals surface area contributed by atoms with Crippen LogP contribution in [0.5, 0.6) is 0 Å². The van der Waals surface area contributed by atoms with Crippen molar-refractivity contribution in [3.8, 4) is 0 Å². The lowest BCUT2D eigenvalue weighted by atomic mass is 10.2. The standard InChI is InChI=1S/C17H12FN3O4/c18-11-6-4-10(5-7-11)16(24)19-12-2-1-3-13(8-12)21-15(23)9-14(22)20-17(21)25/h1-8H,9H2,(H,19,24)(H,20,22,25). The van der Waals surface area contributed by atoms with E-state index >= 15 is 0 Å². The predicted molar refractivity (Wildman–Crippen MR) is 86.4 cm³/mol. The molecule has 1 aliphatic heterocycles. The fraction of sp³-hybridized carbons (Fsp3) is 0.0588. The number of nitrogens with zero attached hydrogens (tertiary/aromatic N) is 1. The van der Waals surface area contributed by atoms with Crippen LogP contribution in [0.2, 0.25) is 0 Å². The summed E-state index contributed by atoms with van der Waals surface area (Å²) in [6.07, 6.45) is -0.433. The average Bonchev–Trinajstić information content (AvgIpc) is 2.55. The molecular weight excluding hydrogens is 329 g/mol. The number of amides is 5. The molecule has 1 aliphatic rings. The van der Waals surface area contributed by atoms with Gasteiger partial charge in [-0.25, -0.2) is 14.1 Å². The molecule has 1 heterocycles. The van der Waals surface area contributed by atoms with Gasteiger partial charge in [-0.1, -0.05) is 6.07 Å². The third kappa shape index (κ3) is 3.52. The SMILES string of the molecule is O=C1CC(=O)N(c2cccc(NC(=O)c3ccc(F)cc3)c2)C(=O)N1. The van der Waals surface area contributed by atoms with Gasteiger partial charge in [0, 0.05) is 11.3 Å². The third-order valence-electron chi connectivity index (χ3n) is 3.48. The van der Waals surface area contributed by atoms with Crippen LogP contribution >= 0.6 is 0 Å². The Labute approximate surface area is 141 Å². The summed E-state index contributed by atoms with van der Waals surface area (Å²) in [6, 6.07) is 10.2. The summed E-state index contributed by atoms with van der Waals surface area (Å²) in [4.78, 5) is 47.9. The zero-order valence-corrected chi connectivity index (χ0v) is 12.8. The van der Waals surface area contributed by atoms with Crippen molar-refractivity contribution in [3.63, 3.8) is 0 Å². The summed E-state index contributed by atoms with van der Waals surface area (Å²) >= 11 is 0. The van der Waals surface area contributed by atoms with Gasteiger partial charge in [0.2, 0.25) is 11.8 Å². The van der Waals surface area contributed by atoms with Crippen molar-refractivity contribution >= 4 is 35.1 Å². The van der Waals surface area contributed by atoms with E-state index in [4.69, 9.17) is 0 Å². The molecule has 7 nitrogen and oxygen atoms in total. The van der Waals surface area contributed by atoms with Crippen LogP contribution in [-0.2, 0) is 9.59 Å². The molecule has 5 amide bonds. The van der Waals surface area contributed by atoms with E-state index in [9.17, 15) is 23.6 Å². The van der Waals surface area contributed by atoms with Crippen molar-refractivity contribution in [2.45, 2.75) is 6.42 Å². The number of benzene rings is 2. The maximum Gasteiger partial charge on any atom is 0.335 e. The lowest BCUT2D eigenvalue weighted by Gasteiger charge is -2.25. The molecule has 0 aromatic heterocycles. The largest absolute Gasteiger partial charge is 0.335 e. The number of hydrogen-bond acceptors (Lipinski definition) is 4. The number of carbonyl (C=O) groups is 4. The van der Waals surface area contributed by atoms with Crippen LogP contribution in [0.15, 0.2) is 48.5 Å². The first-order valence-corrected chi connectivity index (χ1v) is 7.28. The molecule has 8 heteroatoms. The molecule has 1 fully saturated rings. The fourth-order valence-corrected chi connectivity index (χ4v) is 2.34. The minimum absolute atomic E-state index is 0.215. The molecule has 1 saturated heterocycles. The van der Waals surface area contributed by atoms with Gasteiger partial charge in [0.25, 0.3) is 5.91 Å². The van der Waals surface area contributed by atoms with Crippen molar-refractivity contribution in [3.05, 3.63) is 59.9 Å². The Morgan fingerprint density at radius 2 is 1.80 bits per heavy atom. The smallest absolute Gasteiger partial charge is 0.322 e. The Balaban J connectivity index is 1.81. The lowest BCUT2D eigenvalue weighted by Crippen LogP contribution is -2.52. The molecule has 25 heavy (non-hydrogen) atoms. The van der Waals surface area contributed by atoms with Crippen LogP contribution in [0.1, 0.15) is 16.8 Å². The molecule has 0 radical (unpaired) electrons. The van der Waals surface area contributed by atoms with Crippen molar-refractivity contribution < 1.29 is 23.6 Å². The molecule has 126 valence electrons. The van der Waals surface area contributed by atoms with E-state index in [2.05, 4.69) is 10.6 Å². The Bertz CT molecular complexity index is 860. The summed E-state index contributed by atoms with van der Waals surface area (Å²) in [5.74, 6) is -2.24. The third-order valence-corrected chi connectivity index (χ3v) is 3.48. The maximum absolute atomic E-state index is 12.9. The van der Waals surface area contributed by atoms with Crippen molar-refractivity contribution in [2.24, 2.45) is 0 Å². The molecule has 0 saturated carbocycles. The van der Waals surface area contributed by atoms with Crippen molar-refractivity contribution in [1.82, 2.24) is 5.32 Å². The molecule has 0 aliphatic carbocycles. The summed E-state index contributed by atoms with van der Waals surface area (Å²) in [5.41, 5.74) is 0.806. The highest BCUT2D eigenvalue weighted by atomic mass is 19.1. The van der Waals surface area contributed by atoms with Crippen molar-refractivity contribution in [1.29, 1.82) is 0 Å². The number of nitrogens with one attached hydrogen (secondary N) is 2. The average molecular weight is 341 g/mol. The highest BCUT2D eigenvalue weighted by Gasteiger charge is 2.32. The number of carbonyl (C=O) groups excluding carboxylic acids is 4. The molecular formula is C17H12FN3O4. The molecule has 0 unspecified atom stereocenters. The second-order valence-corrected chi connectivity index (χ2v) is 5.27. The van der Waals surface area contributed by atoms with E-state index in [1.165, 1.54) is 36.4 Å².